The van der Waals surface area contributed by atoms with Crippen molar-refractivity contribution in [2.45, 2.75) is 25.7 Å². The minimum atomic E-state index is -2.76. The van der Waals surface area contributed by atoms with Gasteiger partial charge in [-0.1, -0.05) is 0 Å². The maximum atomic E-state index is 11.3. The summed E-state index contributed by atoms with van der Waals surface area (Å²) in [5.74, 6) is 1.63. The highest BCUT2D eigenvalue weighted by Crippen LogP contribution is 2.21. The molecule has 0 radical (unpaired) electrons. The van der Waals surface area contributed by atoms with E-state index in [-0.39, 0.29) is 5.92 Å². The third kappa shape index (κ3) is 2.71. The van der Waals surface area contributed by atoms with E-state index in [0.717, 1.165) is 38.8 Å². The Labute approximate surface area is 91.1 Å². The summed E-state index contributed by atoms with van der Waals surface area (Å²) in [4.78, 5) is 2.06. The summed E-state index contributed by atoms with van der Waals surface area (Å²) < 4.78 is 22.6. The van der Waals surface area contributed by atoms with Crippen molar-refractivity contribution in [2.24, 2.45) is 5.92 Å². The fourth-order valence-electron chi connectivity index (χ4n) is 2.42. The van der Waals surface area contributed by atoms with E-state index >= 15 is 0 Å². The minimum absolute atomic E-state index is 0.258. The molecule has 4 nitrogen and oxygen atoms in total. The lowest BCUT2D eigenvalue weighted by Gasteiger charge is -2.31. The Hall–Kier alpha value is -0.580. The molecule has 1 unspecified atom stereocenters. The summed E-state index contributed by atoms with van der Waals surface area (Å²) in [7, 11) is -2.76. The smallest absolute Gasteiger partial charge is 0.150 e. The molecule has 0 bridgehead atoms. The Balaban J connectivity index is 1.89. The largest absolute Gasteiger partial charge is 0.360 e. The van der Waals surface area contributed by atoms with Crippen molar-refractivity contribution in [1.29, 1.82) is 5.41 Å². The lowest BCUT2D eigenvalue weighted by molar-refractivity contribution is 0.320. The first-order chi connectivity index (χ1) is 7.07. The van der Waals surface area contributed by atoms with Crippen molar-refractivity contribution < 1.29 is 8.42 Å². The highest BCUT2D eigenvalue weighted by atomic mass is 32.2. The predicted molar refractivity (Wildman–Crippen MR) is 59.9 cm³/mol. The molecule has 2 rings (SSSR count). The van der Waals surface area contributed by atoms with Crippen LogP contribution < -0.4 is 0 Å². The van der Waals surface area contributed by atoms with Crippen LogP contribution in [0.3, 0.4) is 0 Å². The first-order valence-electron chi connectivity index (χ1n) is 5.60. The molecule has 2 saturated heterocycles. The molecule has 0 aliphatic carbocycles. The zero-order chi connectivity index (χ0) is 10.9. The molecule has 5 heteroatoms. The van der Waals surface area contributed by atoms with E-state index in [1.165, 1.54) is 0 Å². The van der Waals surface area contributed by atoms with Gasteiger partial charge in [-0.05, 0) is 25.2 Å². The SMILES string of the molecule is N=C1CCCCN1CC1CCS(=O)(=O)C1. The summed E-state index contributed by atoms with van der Waals surface area (Å²) in [6, 6.07) is 0. The lowest BCUT2D eigenvalue weighted by atomic mass is 10.1. The van der Waals surface area contributed by atoms with Gasteiger partial charge in [0.2, 0.25) is 0 Å². The number of nitrogens with one attached hydrogen (secondary N) is 1. The maximum absolute atomic E-state index is 11.3. The van der Waals surface area contributed by atoms with Gasteiger partial charge in [0.1, 0.15) is 0 Å². The minimum Gasteiger partial charge on any atom is -0.360 e. The third-order valence-electron chi connectivity index (χ3n) is 3.28. The van der Waals surface area contributed by atoms with Gasteiger partial charge in [-0.15, -0.1) is 0 Å². The molecule has 86 valence electrons. The summed E-state index contributed by atoms with van der Waals surface area (Å²) in [6.45, 7) is 1.72. The van der Waals surface area contributed by atoms with Crippen molar-refractivity contribution in [3.63, 3.8) is 0 Å². The molecule has 2 heterocycles. The third-order valence-corrected chi connectivity index (χ3v) is 5.12. The Morgan fingerprint density at radius 2 is 2.20 bits per heavy atom. The van der Waals surface area contributed by atoms with Gasteiger partial charge in [-0.2, -0.15) is 0 Å². The van der Waals surface area contributed by atoms with Crippen molar-refractivity contribution in [3.8, 4) is 0 Å². The van der Waals surface area contributed by atoms with Gasteiger partial charge in [0.15, 0.2) is 9.84 Å². The van der Waals surface area contributed by atoms with E-state index in [9.17, 15) is 8.42 Å². The molecule has 1 N–H and O–H groups in total. The molecule has 0 amide bonds. The summed E-state index contributed by atoms with van der Waals surface area (Å²) in [5.41, 5.74) is 0. The Bertz CT molecular complexity index is 350. The van der Waals surface area contributed by atoms with E-state index < -0.39 is 9.84 Å². The number of sulfone groups is 1. The number of piperidine rings is 1. The van der Waals surface area contributed by atoms with Crippen LogP contribution in [0.2, 0.25) is 0 Å². The van der Waals surface area contributed by atoms with E-state index in [1.54, 1.807) is 0 Å². The van der Waals surface area contributed by atoms with Crippen molar-refractivity contribution in [3.05, 3.63) is 0 Å². The molecule has 0 spiro atoms. The second-order valence-electron chi connectivity index (χ2n) is 4.62. The molecule has 0 aromatic rings. The van der Waals surface area contributed by atoms with Crippen LogP contribution in [0, 0.1) is 11.3 Å². The van der Waals surface area contributed by atoms with Gasteiger partial charge in [0.25, 0.3) is 0 Å². The fraction of sp³-hybridized carbons (Fsp3) is 0.900. The standard InChI is InChI=1S/C10H18N2O2S/c11-10-3-1-2-5-12(10)7-9-4-6-15(13,14)8-9/h9,11H,1-8H2. The maximum Gasteiger partial charge on any atom is 0.150 e. The summed E-state index contributed by atoms with van der Waals surface area (Å²) >= 11 is 0. The van der Waals surface area contributed by atoms with Gasteiger partial charge in [-0.25, -0.2) is 8.42 Å². The Kier molecular flexibility index (Phi) is 3.00. The second kappa shape index (κ2) is 4.12. The van der Waals surface area contributed by atoms with Crippen LogP contribution in [-0.4, -0.2) is 43.7 Å². The van der Waals surface area contributed by atoms with E-state index in [1.807, 2.05) is 0 Å². The zero-order valence-electron chi connectivity index (χ0n) is 8.91. The fourth-order valence-corrected chi connectivity index (χ4v) is 4.27. The highest BCUT2D eigenvalue weighted by molar-refractivity contribution is 7.91. The first-order valence-corrected chi connectivity index (χ1v) is 7.42. The molecular formula is C10H18N2O2S. The number of amidine groups is 1. The Morgan fingerprint density at radius 3 is 2.80 bits per heavy atom. The molecular weight excluding hydrogens is 212 g/mol. The van der Waals surface area contributed by atoms with E-state index in [4.69, 9.17) is 5.41 Å². The van der Waals surface area contributed by atoms with Crippen LogP contribution in [0.15, 0.2) is 0 Å². The average Bonchev–Trinajstić information content (AvgIpc) is 2.50. The molecule has 1 atom stereocenters. The number of nitrogens with zero attached hydrogens (tertiary/aromatic N) is 1. The Morgan fingerprint density at radius 1 is 1.40 bits per heavy atom. The lowest BCUT2D eigenvalue weighted by Crippen LogP contribution is -2.38. The number of likely N-dealkylation sites (tertiary alicyclic amines) is 1. The van der Waals surface area contributed by atoms with E-state index in [2.05, 4.69) is 4.90 Å². The van der Waals surface area contributed by atoms with Gasteiger partial charge >= 0.3 is 0 Å². The molecule has 0 aromatic heterocycles. The normalized spacial score (nSPS) is 30.8. The van der Waals surface area contributed by atoms with Crippen molar-refractivity contribution in [2.75, 3.05) is 24.6 Å². The zero-order valence-corrected chi connectivity index (χ0v) is 9.72. The summed E-state index contributed by atoms with van der Waals surface area (Å²) in [6.07, 6.45) is 3.89. The number of hydrogen-bond acceptors (Lipinski definition) is 3. The average molecular weight is 230 g/mol. The van der Waals surface area contributed by atoms with Crippen LogP contribution >= 0.6 is 0 Å². The van der Waals surface area contributed by atoms with E-state index in [0.29, 0.717) is 17.3 Å². The van der Waals surface area contributed by atoms with Crippen molar-refractivity contribution >= 4 is 15.7 Å². The number of rotatable bonds is 2. The molecule has 2 fully saturated rings. The summed E-state index contributed by atoms with van der Waals surface area (Å²) in [5, 5.41) is 7.79. The van der Waals surface area contributed by atoms with Crippen LogP contribution in [0.25, 0.3) is 0 Å². The molecule has 15 heavy (non-hydrogen) atoms. The molecule has 0 saturated carbocycles. The second-order valence-corrected chi connectivity index (χ2v) is 6.85. The predicted octanol–water partition coefficient (Wildman–Crippen LogP) is 0.884. The molecule has 2 aliphatic heterocycles. The number of hydrogen-bond donors (Lipinski definition) is 1. The quantitative estimate of drug-likeness (QED) is 0.766. The van der Waals surface area contributed by atoms with Crippen LogP contribution in [0.4, 0.5) is 0 Å². The monoisotopic (exact) mass is 230 g/mol. The van der Waals surface area contributed by atoms with Gasteiger partial charge in [-0.3, -0.25) is 5.41 Å². The van der Waals surface area contributed by atoms with Crippen LogP contribution in [0.5, 0.6) is 0 Å². The first kappa shape index (κ1) is 10.9. The molecule has 2 aliphatic rings. The topological polar surface area (TPSA) is 61.2 Å². The van der Waals surface area contributed by atoms with Gasteiger partial charge < -0.3 is 4.90 Å². The van der Waals surface area contributed by atoms with Gasteiger partial charge in [0, 0.05) is 19.5 Å². The highest BCUT2D eigenvalue weighted by Gasteiger charge is 2.30. The van der Waals surface area contributed by atoms with Crippen LogP contribution in [0.1, 0.15) is 25.7 Å². The molecule has 0 aromatic carbocycles. The van der Waals surface area contributed by atoms with Crippen LogP contribution in [-0.2, 0) is 9.84 Å². The van der Waals surface area contributed by atoms with Gasteiger partial charge in [0.05, 0.1) is 17.3 Å². The van der Waals surface area contributed by atoms with Crippen molar-refractivity contribution in [1.82, 2.24) is 4.90 Å².